The molecule has 0 aliphatic heterocycles. The van der Waals surface area contributed by atoms with Gasteiger partial charge in [-0.3, -0.25) is 4.68 Å². The van der Waals surface area contributed by atoms with Crippen LogP contribution in [0.25, 0.3) is 0 Å². The number of ether oxygens (including phenoxy) is 2. The van der Waals surface area contributed by atoms with Crippen LogP contribution in [0.2, 0.25) is 0 Å². The smallest absolute Gasteiger partial charge is 0.145 e. The van der Waals surface area contributed by atoms with E-state index in [0.29, 0.717) is 18.0 Å². The number of nitrogens with two attached hydrogens (primary N) is 1. The zero-order valence-corrected chi connectivity index (χ0v) is 10.6. The van der Waals surface area contributed by atoms with Crippen LogP contribution < -0.4 is 15.2 Å². The Balaban J connectivity index is 1.93. The van der Waals surface area contributed by atoms with Gasteiger partial charge in [0.2, 0.25) is 0 Å². The molecule has 0 radical (unpaired) electrons. The third-order valence-electron chi connectivity index (χ3n) is 2.63. The Labute approximate surface area is 106 Å². The van der Waals surface area contributed by atoms with Crippen molar-refractivity contribution in [3.63, 3.8) is 0 Å². The van der Waals surface area contributed by atoms with Crippen molar-refractivity contribution in [1.82, 2.24) is 9.78 Å². The van der Waals surface area contributed by atoms with Gasteiger partial charge in [0, 0.05) is 25.7 Å². The summed E-state index contributed by atoms with van der Waals surface area (Å²) in [4.78, 5) is 0. The molecule has 2 aromatic rings. The van der Waals surface area contributed by atoms with Crippen molar-refractivity contribution in [2.45, 2.75) is 6.42 Å². The summed E-state index contributed by atoms with van der Waals surface area (Å²) in [6.45, 7) is 0.559. The number of nitrogen functional groups attached to an aromatic ring is 1. The lowest BCUT2D eigenvalue weighted by molar-refractivity contribution is 0.320. The van der Waals surface area contributed by atoms with Crippen LogP contribution in [0.3, 0.4) is 0 Å². The molecule has 2 N–H and O–H groups in total. The number of hydrogen-bond acceptors (Lipinski definition) is 4. The summed E-state index contributed by atoms with van der Waals surface area (Å²) in [5, 5.41) is 4.10. The van der Waals surface area contributed by atoms with Crippen molar-refractivity contribution < 1.29 is 9.47 Å². The summed E-state index contributed by atoms with van der Waals surface area (Å²) in [7, 11) is 3.51. The maximum absolute atomic E-state index is 5.83. The van der Waals surface area contributed by atoms with Gasteiger partial charge in [0.1, 0.15) is 11.5 Å². The minimum Gasteiger partial charge on any atom is -0.497 e. The van der Waals surface area contributed by atoms with Crippen LogP contribution in [-0.2, 0) is 13.5 Å². The largest absolute Gasteiger partial charge is 0.497 e. The second-order valence-corrected chi connectivity index (χ2v) is 4.02. The Bertz CT molecular complexity index is 523. The highest BCUT2D eigenvalue weighted by molar-refractivity contribution is 5.55. The normalized spacial score (nSPS) is 10.3. The Morgan fingerprint density at radius 2 is 2.22 bits per heavy atom. The topological polar surface area (TPSA) is 62.3 Å². The standard InChI is InChI=1S/C13H17N3O2/c1-16-9-10(8-15-16)5-6-18-13-7-11(17-2)3-4-12(13)14/h3-4,7-9H,5-6,14H2,1-2H3. The van der Waals surface area contributed by atoms with E-state index in [1.165, 1.54) is 0 Å². The Hall–Kier alpha value is -2.17. The molecule has 0 unspecified atom stereocenters. The van der Waals surface area contributed by atoms with Gasteiger partial charge in [0.25, 0.3) is 0 Å². The van der Waals surface area contributed by atoms with Crippen LogP contribution in [0.1, 0.15) is 5.56 Å². The van der Waals surface area contributed by atoms with Crippen molar-refractivity contribution in [1.29, 1.82) is 0 Å². The van der Waals surface area contributed by atoms with Crippen LogP contribution in [0.4, 0.5) is 5.69 Å². The fourth-order valence-corrected chi connectivity index (χ4v) is 1.65. The van der Waals surface area contributed by atoms with Crippen LogP contribution in [0.15, 0.2) is 30.6 Å². The molecule has 96 valence electrons. The lowest BCUT2D eigenvalue weighted by Crippen LogP contribution is -2.03. The fraction of sp³-hybridized carbons (Fsp3) is 0.308. The van der Waals surface area contributed by atoms with Crippen LogP contribution >= 0.6 is 0 Å². The average Bonchev–Trinajstić information content (AvgIpc) is 2.77. The van der Waals surface area contributed by atoms with Crippen molar-refractivity contribution >= 4 is 5.69 Å². The van der Waals surface area contributed by atoms with Gasteiger partial charge in [-0.25, -0.2) is 0 Å². The molecule has 0 aliphatic rings. The predicted octanol–water partition coefficient (Wildman–Crippen LogP) is 1.63. The number of methoxy groups -OCH3 is 1. The molecule has 1 aromatic carbocycles. The van der Waals surface area contributed by atoms with Gasteiger partial charge in [-0.1, -0.05) is 0 Å². The molecule has 1 heterocycles. The second-order valence-electron chi connectivity index (χ2n) is 4.02. The van der Waals surface area contributed by atoms with Gasteiger partial charge in [-0.2, -0.15) is 5.10 Å². The molecule has 5 heteroatoms. The van der Waals surface area contributed by atoms with Crippen LogP contribution in [0, 0.1) is 0 Å². The number of hydrogen-bond donors (Lipinski definition) is 1. The lowest BCUT2D eigenvalue weighted by Gasteiger charge is -2.09. The summed E-state index contributed by atoms with van der Waals surface area (Å²) >= 11 is 0. The summed E-state index contributed by atoms with van der Waals surface area (Å²) in [5.74, 6) is 1.39. The van der Waals surface area contributed by atoms with E-state index < -0.39 is 0 Å². The SMILES string of the molecule is COc1ccc(N)c(OCCc2cnn(C)c2)c1. The van der Waals surface area contributed by atoms with Crippen LogP contribution in [-0.4, -0.2) is 23.5 Å². The van der Waals surface area contributed by atoms with E-state index in [1.807, 2.05) is 25.5 Å². The van der Waals surface area contributed by atoms with E-state index >= 15 is 0 Å². The molecule has 0 spiro atoms. The number of aryl methyl sites for hydroxylation is 1. The van der Waals surface area contributed by atoms with Crippen molar-refractivity contribution in [2.24, 2.45) is 7.05 Å². The number of nitrogens with zero attached hydrogens (tertiary/aromatic N) is 2. The summed E-state index contributed by atoms with van der Waals surface area (Å²) in [5.41, 5.74) is 7.58. The highest BCUT2D eigenvalue weighted by atomic mass is 16.5. The fourth-order valence-electron chi connectivity index (χ4n) is 1.65. The first-order valence-corrected chi connectivity index (χ1v) is 5.73. The number of anilines is 1. The highest BCUT2D eigenvalue weighted by Gasteiger charge is 2.03. The zero-order valence-electron chi connectivity index (χ0n) is 10.6. The molecule has 0 bridgehead atoms. The van der Waals surface area contributed by atoms with Gasteiger partial charge in [-0.15, -0.1) is 0 Å². The molecule has 0 amide bonds. The molecule has 1 aromatic heterocycles. The molecule has 0 saturated carbocycles. The Kier molecular flexibility index (Phi) is 3.72. The van der Waals surface area contributed by atoms with Gasteiger partial charge in [-0.05, 0) is 17.7 Å². The third kappa shape index (κ3) is 2.94. The summed E-state index contributed by atoms with van der Waals surface area (Å²) < 4.78 is 12.6. The first kappa shape index (κ1) is 12.3. The van der Waals surface area contributed by atoms with E-state index in [2.05, 4.69) is 5.10 Å². The van der Waals surface area contributed by atoms with Gasteiger partial charge in [0.05, 0.1) is 25.6 Å². The number of aromatic nitrogens is 2. The van der Waals surface area contributed by atoms with Gasteiger partial charge < -0.3 is 15.2 Å². The zero-order chi connectivity index (χ0) is 13.0. The third-order valence-corrected chi connectivity index (χ3v) is 2.63. The molecule has 0 atom stereocenters. The molecule has 5 nitrogen and oxygen atoms in total. The van der Waals surface area contributed by atoms with E-state index in [9.17, 15) is 0 Å². The van der Waals surface area contributed by atoms with E-state index in [-0.39, 0.29) is 0 Å². The maximum atomic E-state index is 5.83. The van der Waals surface area contributed by atoms with Gasteiger partial charge >= 0.3 is 0 Å². The molecule has 0 saturated heterocycles. The molecular formula is C13H17N3O2. The first-order valence-electron chi connectivity index (χ1n) is 5.73. The van der Waals surface area contributed by atoms with E-state index in [1.54, 1.807) is 23.9 Å². The second kappa shape index (κ2) is 5.44. The van der Waals surface area contributed by atoms with Gasteiger partial charge in [0.15, 0.2) is 0 Å². The van der Waals surface area contributed by atoms with Crippen molar-refractivity contribution in [3.05, 3.63) is 36.2 Å². The van der Waals surface area contributed by atoms with E-state index in [4.69, 9.17) is 15.2 Å². The minimum absolute atomic E-state index is 0.559. The number of benzene rings is 1. The maximum Gasteiger partial charge on any atom is 0.145 e. The lowest BCUT2D eigenvalue weighted by atomic mass is 10.2. The molecule has 0 aliphatic carbocycles. The highest BCUT2D eigenvalue weighted by Crippen LogP contribution is 2.26. The average molecular weight is 247 g/mol. The first-order chi connectivity index (χ1) is 8.69. The Morgan fingerprint density at radius 1 is 1.39 bits per heavy atom. The Morgan fingerprint density at radius 3 is 2.89 bits per heavy atom. The van der Waals surface area contributed by atoms with Crippen molar-refractivity contribution in [3.8, 4) is 11.5 Å². The molecule has 2 rings (SSSR count). The molecule has 18 heavy (non-hydrogen) atoms. The van der Waals surface area contributed by atoms with Crippen molar-refractivity contribution in [2.75, 3.05) is 19.5 Å². The summed E-state index contributed by atoms with van der Waals surface area (Å²) in [6, 6.07) is 5.38. The molecule has 0 fully saturated rings. The molecular weight excluding hydrogens is 230 g/mol. The monoisotopic (exact) mass is 247 g/mol. The van der Waals surface area contributed by atoms with E-state index in [0.717, 1.165) is 17.7 Å². The quantitative estimate of drug-likeness (QED) is 0.816. The number of rotatable bonds is 5. The summed E-state index contributed by atoms with van der Waals surface area (Å²) in [6.07, 6.45) is 4.60. The predicted molar refractivity (Wildman–Crippen MR) is 69.8 cm³/mol. The van der Waals surface area contributed by atoms with Crippen LogP contribution in [0.5, 0.6) is 11.5 Å². The minimum atomic E-state index is 0.559.